The summed E-state index contributed by atoms with van der Waals surface area (Å²) in [7, 11) is 1.63. The van der Waals surface area contributed by atoms with Gasteiger partial charge in [-0.05, 0) is 43.4 Å². The van der Waals surface area contributed by atoms with Gasteiger partial charge in [-0.1, -0.05) is 38.8 Å². The summed E-state index contributed by atoms with van der Waals surface area (Å²) < 4.78 is 5.20. The van der Waals surface area contributed by atoms with Crippen molar-refractivity contribution in [2.24, 2.45) is 0 Å². The van der Waals surface area contributed by atoms with Gasteiger partial charge in [0, 0.05) is 19.0 Å². The normalized spacial score (nSPS) is 15.5. The summed E-state index contributed by atoms with van der Waals surface area (Å²) in [6.45, 7) is 4.40. The van der Waals surface area contributed by atoms with Crippen LogP contribution in [0, 0.1) is 0 Å². The quantitative estimate of drug-likeness (QED) is 0.731. The first-order chi connectivity index (χ1) is 12.6. The minimum atomic E-state index is -0.420. The summed E-state index contributed by atoms with van der Waals surface area (Å²) in [4.78, 5) is 27.3. The van der Waals surface area contributed by atoms with Crippen LogP contribution >= 0.6 is 0 Å². The minimum Gasteiger partial charge on any atom is -0.497 e. The molecule has 2 amide bonds. The van der Waals surface area contributed by atoms with Crippen molar-refractivity contribution in [2.45, 2.75) is 77.4 Å². The summed E-state index contributed by atoms with van der Waals surface area (Å²) in [5.74, 6) is 0.806. The Morgan fingerprint density at radius 3 is 2.38 bits per heavy atom. The summed E-state index contributed by atoms with van der Waals surface area (Å²) in [6, 6.07) is 7.52. The first kappa shape index (κ1) is 20.3. The Hall–Kier alpha value is -2.04. The average molecular weight is 360 g/mol. The Balaban J connectivity index is 2.13. The fourth-order valence-electron chi connectivity index (χ4n) is 3.57. The van der Waals surface area contributed by atoms with Gasteiger partial charge in [0.2, 0.25) is 11.8 Å². The van der Waals surface area contributed by atoms with E-state index in [1.807, 2.05) is 38.1 Å². The summed E-state index contributed by atoms with van der Waals surface area (Å²) in [5.41, 5.74) is 1.00. The van der Waals surface area contributed by atoms with Crippen molar-refractivity contribution in [1.29, 1.82) is 0 Å². The van der Waals surface area contributed by atoms with E-state index in [1.54, 1.807) is 12.0 Å². The van der Waals surface area contributed by atoms with Gasteiger partial charge in [0.25, 0.3) is 0 Å². The largest absolute Gasteiger partial charge is 0.497 e. The highest BCUT2D eigenvalue weighted by molar-refractivity contribution is 5.87. The highest BCUT2D eigenvalue weighted by Gasteiger charge is 2.30. The number of nitrogens with zero attached hydrogens (tertiary/aromatic N) is 1. The van der Waals surface area contributed by atoms with Crippen molar-refractivity contribution >= 4 is 11.8 Å². The maximum Gasteiger partial charge on any atom is 0.243 e. The molecule has 0 bridgehead atoms. The summed E-state index contributed by atoms with van der Waals surface area (Å²) in [5, 5.41) is 3.16. The van der Waals surface area contributed by atoms with E-state index in [9.17, 15) is 9.59 Å². The molecule has 26 heavy (non-hydrogen) atoms. The molecule has 1 aromatic rings. The van der Waals surface area contributed by atoms with Crippen molar-refractivity contribution < 1.29 is 14.3 Å². The summed E-state index contributed by atoms with van der Waals surface area (Å²) in [6.07, 6.45) is 6.29. The summed E-state index contributed by atoms with van der Waals surface area (Å²) >= 11 is 0. The minimum absolute atomic E-state index is 0.0163. The van der Waals surface area contributed by atoms with E-state index in [0.29, 0.717) is 19.4 Å². The Bertz CT molecular complexity index is 579. The first-order valence-corrected chi connectivity index (χ1v) is 9.81. The molecule has 5 heteroatoms. The fourth-order valence-corrected chi connectivity index (χ4v) is 3.57. The Labute approximate surface area is 157 Å². The van der Waals surface area contributed by atoms with Gasteiger partial charge in [-0.25, -0.2) is 0 Å². The molecule has 2 rings (SSSR count). The van der Waals surface area contributed by atoms with Gasteiger partial charge in [0.15, 0.2) is 0 Å². The molecule has 1 saturated carbocycles. The number of carbonyl (C=O) groups excluding carboxylic acids is 2. The van der Waals surface area contributed by atoms with Gasteiger partial charge in [0.1, 0.15) is 11.8 Å². The molecule has 0 spiro atoms. The van der Waals surface area contributed by atoms with Crippen LogP contribution in [0.1, 0.15) is 64.4 Å². The molecular weight excluding hydrogens is 328 g/mol. The third kappa shape index (κ3) is 5.48. The Morgan fingerprint density at radius 2 is 1.85 bits per heavy atom. The molecule has 0 aliphatic heterocycles. The fraction of sp³-hybridized carbons (Fsp3) is 0.619. The lowest BCUT2D eigenvalue weighted by Crippen LogP contribution is -2.50. The molecule has 1 atom stereocenters. The number of benzene rings is 1. The van der Waals surface area contributed by atoms with Gasteiger partial charge < -0.3 is 15.0 Å². The SMILES string of the molecule is CCCC(=O)N(Cc1ccc(OC)cc1)C(CC)C(=O)NC1CCCC1. The molecular formula is C21H32N2O3. The number of methoxy groups -OCH3 is 1. The molecule has 0 aromatic heterocycles. The van der Waals surface area contributed by atoms with Crippen LogP contribution in [-0.2, 0) is 16.1 Å². The number of nitrogens with one attached hydrogen (secondary N) is 1. The van der Waals surface area contributed by atoms with Gasteiger partial charge in [0.05, 0.1) is 7.11 Å². The molecule has 1 unspecified atom stereocenters. The number of hydrogen-bond acceptors (Lipinski definition) is 3. The van der Waals surface area contributed by atoms with Crippen LogP contribution in [0.15, 0.2) is 24.3 Å². The van der Waals surface area contributed by atoms with Crippen molar-refractivity contribution in [2.75, 3.05) is 7.11 Å². The zero-order valence-electron chi connectivity index (χ0n) is 16.3. The molecule has 0 heterocycles. The topological polar surface area (TPSA) is 58.6 Å². The second-order valence-electron chi connectivity index (χ2n) is 7.03. The molecule has 1 aliphatic rings. The second kappa shape index (κ2) is 10.2. The van der Waals surface area contributed by atoms with Crippen LogP contribution in [0.25, 0.3) is 0 Å². The highest BCUT2D eigenvalue weighted by atomic mass is 16.5. The third-order valence-electron chi connectivity index (χ3n) is 5.06. The van der Waals surface area contributed by atoms with E-state index in [1.165, 1.54) is 12.8 Å². The van der Waals surface area contributed by atoms with Crippen LogP contribution < -0.4 is 10.1 Å². The average Bonchev–Trinajstić information content (AvgIpc) is 3.15. The van der Waals surface area contributed by atoms with Crippen LogP contribution in [0.5, 0.6) is 5.75 Å². The van der Waals surface area contributed by atoms with Crippen LogP contribution in [-0.4, -0.2) is 35.9 Å². The third-order valence-corrected chi connectivity index (χ3v) is 5.06. The first-order valence-electron chi connectivity index (χ1n) is 9.81. The molecule has 0 saturated heterocycles. The van der Waals surface area contributed by atoms with Crippen LogP contribution in [0.2, 0.25) is 0 Å². The van der Waals surface area contributed by atoms with E-state index in [4.69, 9.17) is 4.74 Å². The van der Waals surface area contributed by atoms with Gasteiger partial charge in [-0.3, -0.25) is 9.59 Å². The van der Waals surface area contributed by atoms with Crippen molar-refractivity contribution in [3.63, 3.8) is 0 Å². The zero-order chi connectivity index (χ0) is 18.9. The van der Waals surface area contributed by atoms with Crippen molar-refractivity contribution in [1.82, 2.24) is 10.2 Å². The second-order valence-corrected chi connectivity index (χ2v) is 7.03. The van der Waals surface area contributed by atoms with Gasteiger partial charge >= 0.3 is 0 Å². The molecule has 1 aliphatic carbocycles. The maximum atomic E-state index is 12.8. The molecule has 144 valence electrons. The van der Waals surface area contributed by atoms with E-state index in [0.717, 1.165) is 30.6 Å². The molecule has 1 aromatic carbocycles. The number of ether oxygens (including phenoxy) is 1. The lowest BCUT2D eigenvalue weighted by atomic mass is 10.1. The number of rotatable bonds is 9. The van der Waals surface area contributed by atoms with Gasteiger partial charge in [-0.15, -0.1) is 0 Å². The maximum absolute atomic E-state index is 12.8. The lowest BCUT2D eigenvalue weighted by Gasteiger charge is -2.31. The number of amides is 2. The van der Waals surface area contributed by atoms with Crippen LogP contribution in [0.3, 0.4) is 0 Å². The molecule has 5 nitrogen and oxygen atoms in total. The van der Waals surface area contributed by atoms with E-state index in [2.05, 4.69) is 5.32 Å². The van der Waals surface area contributed by atoms with E-state index in [-0.39, 0.29) is 17.9 Å². The van der Waals surface area contributed by atoms with E-state index < -0.39 is 6.04 Å². The predicted molar refractivity (Wildman–Crippen MR) is 103 cm³/mol. The van der Waals surface area contributed by atoms with Crippen LogP contribution in [0.4, 0.5) is 0 Å². The molecule has 0 radical (unpaired) electrons. The van der Waals surface area contributed by atoms with Crippen molar-refractivity contribution in [3.05, 3.63) is 29.8 Å². The monoisotopic (exact) mass is 360 g/mol. The number of carbonyl (C=O) groups is 2. The highest BCUT2D eigenvalue weighted by Crippen LogP contribution is 2.20. The Morgan fingerprint density at radius 1 is 1.19 bits per heavy atom. The Kier molecular flexibility index (Phi) is 7.95. The standard InChI is InChI=1S/C21H32N2O3/c1-4-8-20(24)23(15-16-11-13-18(26-3)14-12-16)19(5-2)21(25)22-17-9-6-7-10-17/h11-14,17,19H,4-10,15H2,1-3H3,(H,22,25). The zero-order valence-corrected chi connectivity index (χ0v) is 16.3. The van der Waals surface area contributed by atoms with E-state index >= 15 is 0 Å². The number of hydrogen-bond donors (Lipinski definition) is 1. The van der Waals surface area contributed by atoms with Crippen molar-refractivity contribution in [3.8, 4) is 5.75 Å². The molecule has 1 fully saturated rings. The lowest BCUT2D eigenvalue weighted by molar-refractivity contribution is -0.141. The smallest absolute Gasteiger partial charge is 0.243 e. The van der Waals surface area contributed by atoms with Gasteiger partial charge in [-0.2, -0.15) is 0 Å². The predicted octanol–water partition coefficient (Wildman–Crippen LogP) is 3.66. The molecule has 1 N–H and O–H groups in total.